The lowest BCUT2D eigenvalue weighted by Crippen LogP contribution is -2.42. The van der Waals surface area contributed by atoms with Gasteiger partial charge in [0.25, 0.3) is 0 Å². The molecule has 4 nitrogen and oxygen atoms in total. The van der Waals surface area contributed by atoms with Gasteiger partial charge in [-0.25, -0.2) is 4.79 Å². The number of nitrogens with one attached hydrogen (secondary N) is 1. The molecular formula is C18H25NO3. The zero-order chi connectivity index (χ0) is 15.2. The Morgan fingerprint density at radius 3 is 2.64 bits per heavy atom. The molecule has 2 unspecified atom stereocenters. The van der Waals surface area contributed by atoms with E-state index in [-0.39, 0.29) is 12.1 Å². The molecule has 2 fully saturated rings. The molecule has 1 heterocycles. The minimum atomic E-state index is -0.305. The van der Waals surface area contributed by atoms with Crippen molar-refractivity contribution >= 4 is 6.09 Å². The summed E-state index contributed by atoms with van der Waals surface area (Å²) in [6, 6.07) is 9.97. The number of carbonyl (C=O) groups is 1. The normalized spacial score (nSPS) is 22.8. The van der Waals surface area contributed by atoms with E-state index in [0.717, 1.165) is 18.6 Å². The van der Waals surface area contributed by atoms with Gasteiger partial charge in [-0.2, -0.15) is 0 Å². The van der Waals surface area contributed by atoms with Crippen molar-refractivity contribution in [3.63, 3.8) is 0 Å². The van der Waals surface area contributed by atoms with Crippen LogP contribution in [0.25, 0.3) is 0 Å². The number of ether oxygens (including phenoxy) is 2. The molecule has 0 aromatic heterocycles. The van der Waals surface area contributed by atoms with Gasteiger partial charge >= 0.3 is 6.09 Å². The highest BCUT2D eigenvalue weighted by atomic mass is 16.6. The molecule has 0 spiro atoms. The van der Waals surface area contributed by atoms with Crippen LogP contribution in [0.4, 0.5) is 4.79 Å². The summed E-state index contributed by atoms with van der Waals surface area (Å²) in [5, 5.41) is 3.09. The lowest BCUT2D eigenvalue weighted by molar-refractivity contribution is 0.126. The fourth-order valence-corrected chi connectivity index (χ4v) is 3.31. The molecule has 22 heavy (non-hydrogen) atoms. The van der Waals surface area contributed by atoms with Crippen molar-refractivity contribution in [1.29, 1.82) is 0 Å². The van der Waals surface area contributed by atoms with E-state index in [0.29, 0.717) is 18.6 Å². The average molecular weight is 303 g/mol. The van der Waals surface area contributed by atoms with Crippen LogP contribution < -0.4 is 5.32 Å². The maximum Gasteiger partial charge on any atom is 0.407 e. The van der Waals surface area contributed by atoms with E-state index in [4.69, 9.17) is 9.47 Å². The Balaban J connectivity index is 1.49. The van der Waals surface area contributed by atoms with Crippen molar-refractivity contribution in [3.05, 3.63) is 35.9 Å². The van der Waals surface area contributed by atoms with Gasteiger partial charge in [-0.1, -0.05) is 49.6 Å². The Morgan fingerprint density at radius 1 is 1.23 bits per heavy atom. The minimum absolute atomic E-state index is 0.191. The van der Waals surface area contributed by atoms with Gasteiger partial charge in [-0.05, 0) is 30.7 Å². The summed E-state index contributed by atoms with van der Waals surface area (Å²) in [4.78, 5) is 12.1. The Kier molecular flexibility index (Phi) is 5.33. The summed E-state index contributed by atoms with van der Waals surface area (Å²) in [6.45, 7) is 1.16. The summed E-state index contributed by atoms with van der Waals surface area (Å²) in [7, 11) is 0. The van der Waals surface area contributed by atoms with Crippen LogP contribution in [0.2, 0.25) is 0 Å². The van der Waals surface area contributed by atoms with Crippen molar-refractivity contribution in [1.82, 2.24) is 5.32 Å². The fourth-order valence-electron chi connectivity index (χ4n) is 3.31. The highest BCUT2D eigenvalue weighted by Crippen LogP contribution is 2.30. The zero-order valence-corrected chi connectivity index (χ0v) is 13.0. The zero-order valence-electron chi connectivity index (χ0n) is 13.0. The largest absolute Gasteiger partial charge is 0.445 e. The molecule has 2 aliphatic rings. The Hall–Kier alpha value is -1.55. The summed E-state index contributed by atoms with van der Waals surface area (Å²) in [5.41, 5.74) is 1.01. The molecule has 1 aromatic rings. The first-order valence-corrected chi connectivity index (χ1v) is 8.40. The Morgan fingerprint density at radius 2 is 1.95 bits per heavy atom. The van der Waals surface area contributed by atoms with Crippen molar-refractivity contribution in [3.8, 4) is 0 Å². The second-order valence-corrected chi connectivity index (χ2v) is 6.40. The van der Waals surface area contributed by atoms with E-state index in [1.807, 2.05) is 30.3 Å². The van der Waals surface area contributed by atoms with Gasteiger partial charge in [0.1, 0.15) is 6.61 Å². The predicted octanol–water partition coefficient (Wildman–Crippen LogP) is 3.65. The van der Waals surface area contributed by atoms with E-state index in [9.17, 15) is 4.79 Å². The van der Waals surface area contributed by atoms with E-state index < -0.39 is 0 Å². The molecule has 1 saturated heterocycles. The molecule has 4 heteroatoms. The predicted molar refractivity (Wildman–Crippen MR) is 84.5 cm³/mol. The van der Waals surface area contributed by atoms with Crippen LogP contribution in [0.1, 0.15) is 44.1 Å². The molecule has 1 aromatic carbocycles. The second kappa shape index (κ2) is 7.63. The highest BCUT2D eigenvalue weighted by molar-refractivity contribution is 5.67. The lowest BCUT2D eigenvalue weighted by Gasteiger charge is -2.30. The van der Waals surface area contributed by atoms with E-state index in [1.165, 1.54) is 32.1 Å². The molecule has 1 amide bonds. The Labute approximate surface area is 132 Å². The van der Waals surface area contributed by atoms with Gasteiger partial charge in [0.15, 0.2) is 0 Å². The van der Waals surface area contributed by atoms with Crippen LogP contribution in [0, 0.1) is 5.92 Å². The lowest BCUT2D eigenvalue weighted by atomic mass is 9.82. The van der Waals surface area contributed by atoms with E-state index >= 15 is 0 Å². The third kappa shape index (κ3) is 4.73. The van der Waals surface area contributed by atoms with Crippen LogP contribution in [0.15, 0.2) is 30.3 Å². The van der Waals surface area contributed by atoms with Crippen molar-refractivity contribution in [2.75, 3.05) is 6.61 Å². The SMILES string of the molecule is O=C(NC(CC1CO1)C1CCCCC1)OCc1ccccc1. The van der Waals surface area contributed by atoms with Crippen molar-refractivity contribution in [2.45, 2.75) is 57.3 Å². The second-order valence-electron chi connectivity index (χ2n) is 6.40. The number of carbonyl (C=O) groups excluding carboxylic acids is 1. The van der Waals surface area contributed by atoms with Crippen molar-refractivity contribution in [2.24, 2.45) is 5.92 Å². The fraction of sp³-hybridized carbons (Fsp3) is 0.611. The monoisotopic (exact) mass is 303 g/mol. The van der Waals surface area contributed by atoms with E-state index in [1.54, 1.807) is 0 Å². The smallest absolute Gasteiger partial charge is 0.407 e. The van der Waals surface area contributed by atoms with Gasteiger partial charge in [0.05, 0.1) is 12.7 Å². The maximum atomic E-state index is 12.1. The summed E-state index contributed by atoms with van der Waals surface area (Å²) in [5.74, 6) is 0.572. The first kappa shape index (κ1) is 15.3. The van der Waals surface area contributed by atoms with Crippen LogP contribution in [-0.4, -0.2) is 24.8 Å². The quantitative estimate of drug-likeness (QED) is 0.816. The standard InChI is InChI=1S/C18H25NO3/c20-18(22-12-14-7-3-1-4-8-14)19-17(11-16-13-21-16)15-9-5-2-6-10-15/h1,3-4,7-8,15-17H,2,5-6,9-13H2,(H,19,20). The molecule has 2 atom stereocenters. The highest BCUT2D eigenvalue weighted by Gasteiger charge is 2.32. The van der Waals surface area contributed by atoms with Crippen molar-refractivity contribution < 1.29 is 14.3 Å². The van der Waals surface area contributed by atoms with Gasteiger partial charge in [0.2, 0.25) is 0 Å². The summed E-state index contributed by atoms with van der Waals surface area (Å²) < 4.78 is 10.7. The van der Waals surface area contributed by atoms with Gasteiger partial charge in [-0.15, -0.1) is 0 Å². The molecule has 1 N–H and O–H groups in total. The molecule has 1 aliphatic carbocycles. The molecule has 1 aliphatic heterocycles. The topological polar surface area (TPSA) is 50.9 Å². The van der Waals surface area contributed by atoms with Crippen LogP contribution in [0.5, 0.6) is 0 Å². The van der Waals surface area contributed by atoms with Gasteiger partial charge < -0.3 is 14.8 Å². The van der Waals surface area contributed by atoms with Crippen LogP contribution >= 0.6 is 0 Å². The maximum absolute atomic E-state index is 12.1. The van der Waals surface area contributed by atoms with Gasteiger partial charge in [0, 0.05) is 6.04 Å². The summed E-state index contributed by atoms with van der Waals surface area (Å²) in [6.07, 6.45) is 7.22. The molecule has 0 radical (unpaired) electrons. The minimum Gasteiger partial charge on any atom is -0.445 e. The number of alkyl carbamates (subject to hydrolysis) is 1. The Bertz CT molecular complexity index is 466. The number of rotatable bonds is 6. The molecule has 0 bridgehead atoms. The molecule has 1 saturated carbocycles. The number of epoxide rings is 1. The average Bonchev–Trinajstić information content (AvgIpc) is 3.38. The van der Waals surface area contributed by atoms with Crippen LogP contribution in [-0.2, 0) is 16.1 Å². The van der Waals surface area contributed by atoms with E-state index in [2.05, 4.69) is 5.32 Å². The molecular weight excluding hydrogens is 278 g/mol. The number of hydrogen-bond donors (Lipinski definition) is 1. The third-order valence-electron chi connectivity index (χ3n) is 4.65. The number of amides is 1. The first-order valence-electron chi connectivity index (χ1n) is 8.40. The number of hydrogen-bond acceptors (Lipinski definition) is 3. The number of benzene rings is 1. The van der Waals surface area contributed by atoms with Gasteiger partial charge in [-0.3, -0.25) is 0 Å². The molecule has 120 valence electrons. The first-order chi connectivity index (χ1) is 10.8. The molecule has 3 rings (SSSR count). The summed E-state index contributed by atoms with van der Waals surface area (Å²) >= 11 is 0. The van der Waals surface area contributed by atoms with Crippen LogP contribution in [0.3, 0.4) is 0 Å². The third-order valence-corrected chi connectivity index (χ3v) is 4.65.